The molecule has 1 heterocycles. The number of nitrogen functional groups attached to an aromatic ring is 1. The first-order valence-corrected chi connectivity index (χ1v) is 6.89. The Bertz CT molecular complexity index is 615. The number of ether oxygens (including phenoxy) is 1. The highest BCUT2D eigenvalue weighted by atomic mass is 16.5. The maximum atomic E-state index is 12.3. The molecule has 5 nitrogen and oxygen atoms in total. The van der Waals surface area contributed by atoms with E-state index in [2.05, 4.69) is 5.32 Å². The monoisotopic (exact) mass is 287 g/mol. The van der Waals surface area contributed by atoms with Crippen molar-refractivity contribution in [3.63, 3.8) is 0 Å². The van der Waals surface area contributed by atoms with Crippen molar-refractivity contribution >= 4 is 11.6 Å². The minimum Gasteiger partial charge on any atom is -0.497 e. The Balaban J connectivity index is 2.04. The number of carbonyl (C=O) groups is 1. The molecule has 1 amide bonds. The Labute approximate surface area is 124 Å². The van der Waals surface area contributed by atoms with Crippen LogP contribution in [-0.2, 0) is 6.54 Å². The number of rotatable bonds is 5. The average molecular weight is 287 g/mol. The van der Waals surface area contributed by atoms with Crippen LogP contribution in [0.1, 0.15) is 35.9 Å². The molecule has 0 fully saturated rings. The number of nitrogens with one attached hydrogen (secondary N) is 1. The second kappa shape index (κ2) is 6.35. The van der Waals surface area contributed by atoms with Gasteiger partial charge >= 0.3 is 0 Å². The van der Waals surface area contributed by atoms with Crippen molar-refractivity contribution in [1.82, 2.24) is 9.88 Å². The Hall–Kier alpha value is -2.43. The lowest BCUT2D eigenvalue weighted by atomic mass is 10.2. The smallest absolute Gasteiger partial charge is 0.268 e. The molecule has 1 aromatic heterocycles. The first-order valence-electron chi connectivity index (χ1n) is 6.89. The van der Waals surface area contributed by atoms with Crippen molar-refractivity contribution in [3.8, 4) is 5.75 Å². The summed E-state index contributed by atoms with van der Waals surface area (Å²) in [6, 6.07) is 9.48. The lowest BCUT2D eigenvalue weighted by Gasteiger charge is -2.12. The number of methoxy groups -OCH3 is 1. The highest BCUT2D eigenvalue weighted by molar-refractivity contribution is 5.93. The van der Waals surface area contributed by atoms with Crippen LogP contribution >= 0.6 is 0 Å². The normalized spacial score (nSPS) is 10.7. The summed E-state index contributed by atoms with van der Waals surface area (Å²) in [6.07, 6.45) is 1.78. The van der Waals surface area contributed by atoms with Gasteiger partial charge in [-0.05, 0) is 37.6 Å². The van der Waals surface area contributed by atoms with Gasteiger partial charge in [-0.1, -0.05) is 12.1 Å². The van der Waals surface area contributed by atoms with Gasteiger partial charge in [0.25, 0.3) is 5.91 Å². The predicted molar refractivity (Wildman–Crippen MR) is 83.4 cm³/mol. The van der Waals surface area contributed by atoms with Gasteiger partial charge in [0.15, 0.2) is 0 Å². The van der Waals surface area contributed by atoms with Gasteiger partial charge in [0.05, 0.1) is 12.8 Å². The van der Waals surface area contributed by atoms with E-state index >= 15 is 0 Å². The third kappa shape index (κ3) is 3.56. The molecule has 0 aliphatic rings. The van der Waals surface area contributed by atoms with Gasteiger partial charge in [-0.25, -0.2) is 0 Å². The molecule has 1 aromatic carbocycles. The van der Waals surface area contributed by atoms with E-state index in [4.69, 9.17) is 10.5 Å². The zero-order chi connectivity index (χ0) is 15.4. The maximum absolute atomic E-state index is 12.3. The van der Waals surface area contributed by atoms with E-state index in [9.17, 15) is 4.79 Å². The van der Waals surface area contributed by atoms with Crippen LogP contribution in [0.4, 0.5) is 5.69 Å². The summed E-state index contributed by atoms with van der Waals surface area (Å²) in [6.45, 7) is 4.49. The fourth-order valence-corrected chi connectivity index (χ4v) is 2.13. The molecule has 5 heteroatoms. The van der Waals surface area contributed by atoms with Gasteiger partial charge in [-0.3, -0.25) is 4.79 Å². The standard InChI is InChI=1S/C16H21N3O2/c1-11(2)19-10-13(17)8-15(19)16(20)18-9-12-4-6-14(21-3)7-5-12/h4-8,10-11H,9,17H2,1-3H3,(H,18,20). The van der Waals surface area contributed by atoms with E-state index in [1.165, 1.54) is 0 Å². The Morgan fingerprint density at radius 1 is 1.33 bits per heavy atom. The largest absolute Gasteiger partial charge is 0.497 e. The van der Waals surface area contributed by atoms with Gasteiger partial charge in [-0.15, -0.1) is 0 Å². The van der Waals surface area contributed by atoms with Crippen molar-refractivity contribution in [2.45, 2.75) is 26.4 Å². The van der Waals surface area contributed by atoms with E-state index < -0.39 is 0 Å². The topological polar surface area (TPSA) is 69.3 Å². The van der Waals surface area contributed by atoms with Gasteiger partial charge in [0.1, 0.15) is 11.4 Å². The third-order valence-corrected chi connectivity index (χ3v) is 3.27. The van der Waals surface area contributed by atoms with E-state index in [0.29, 0.717) is 17.9 Å². The van der Waals surface area contributed by atoms with Crippen LogP contribution in [0.3, 0.4) is 0 Å². The number of amides is 1. The minimum atomic E-state index is -0.129. The summed E-state index contributed by atoms with van der Waals surface area (Å²) in [5, 5.41) is 2.91. The maximum Gasteiger partial charge on any atom is 0.268 e. The van der Waals surface area contributed by atoms with Crippen molar-refractivity contribution in [1.29, 1.82) is 0 Å². The molecular weight excluding hydrogens is 266 g/mol. The third-order valence-electron chi connectivity index (χ3n) is 3.27. The number of anilines is 1. The van der Waals surface area contributed by atoms with Crippen molar-refractivity contribution in [2.75, 3.05) is 12.8 Å². The summed E-state index contributed by atoms with van der Waals surface area (Å²) in [5.41, 5.74) is 7.97. The number of aromatic nitrogens is 1. The first-order chi connectivity index (χ1) is 10.0. The van der Waals surface area contributed by atoms with Crippen molar-refractivity contribution in [2.24, 2.45) is 0 Å². The molecule has 112 valence electrons. The number of benzene rings is 1. The molecule has 0 aliphatic carbocycles. The summed E-state index contributed by atoms with van der Waals surface area (Å²) < 4.78 is 6.98. The quantitative estimate of drug-likeness (QED) is 0.888. The van der Waals surface area contributed by atoms with Crippen LogP contribution in [0, 0.1) is 0 Å². The van der Waals surface area contributed by atoms with Crippen LogP contribution in [0.2, 0.25) is 0 Å². The fraction of sp³-hybridized carbons (Fsp3) is 0.312. The molecule has 0 saturated heterocycles. The molecule has 0 unspecified atom stereocenters. The molecule has 21 heavy (non-hydrogen) atoms. The number of hydrogen-bond donors (Lipinski definition) is 2. The van der Waals surface area contributed by atoms with Gasteiger partial charge in [-0.2, -0.15) is 0 Å². The van der Waals surface area contributed by atoms with Crippen LogP contribution in [0.5, 0.6) is 5.75 Å². The molecule has 2 rings (SSSR count). The molecule has 0 aliphatic heterocycles. The van der Waals surface area contributed by atoms with Crippen LogP contribution in [0.15, 0.2) is 36.5 Å². The highest BCUT2D eigenvalue weighted by Crippen LogP contribution is 2.17. The number of nitrogens with zero attached hydrogens (tertiary/aromatic N) is 1. The van der Waals surface area contributed by atoms with Gasteiger partial charge in [0, 0.05) is 18.8 Å². The molecule has 2 aromatic rings. The number of hydrogen-bond acceptors (Lipinski definition) is 3. The van der Waals surface area contributed by atoms with Crippen LogP contribution < -0.4 is 15.8 Å². The van der Waals surface area contributed by atoms with E-state index in [-0.39, 0.29) is 11.9 Å². The molecule has 0 saturated carbocycles. The van der Waals surface area contributed by atoms with Crippen molar-refractivity contribution in [3.05, 3.63) is 47.8 Å². The molecule has 0 bridgehead atoms. The lowest BCUT2D eigenvalue weighted by molar-refractivity contribution is 0.0940. The molecule has 0 radical (unpaired) electrons. The average Bonchev–Trinajstić information content (AvgIpc) is 2.87. The number of carbonyl (C=O) groups excluding carboxylic acids is 1. The lowest BCUT2D eigenvalue weighted by Crippen LogP contribution is -2.25. The predicted octanol–water partition coefficient (Wildman–Crippen LogP) is 2.59. The Kier molecular flexibility index (Phi) is 4.52. The van der Waals surface area contributed by atoms with E-state index in [0.717, 1.165) is 11.3 Å². The zero-order valence-corrected chi connectivity index (χ0v) is 12.6. The molecular formula is C16H21N3O2. The highest BCUT2D eigenvalue weighted by Gasteiger charge is 2.14. The number of nitrogens with two attached hydrogens (primary N) is 1. The fourth-order valence-electron chi connectivity index (χ4n) is 2.13. The zero-order valence-electron chi connectivity index (χ0n) is 12.6. The van der Waals surface area contributed by atoms with Gasteiger partial charge in [0.2, 0.25) is 0 Å². The van der Waals surface area contributed by atoms with E-state index in [1.807, 2.05) is 42.7 Å². The first kappa shape index (κ1) is 15.0. The summed E-state index contributed by atoms with van der Waals surface area (Å²) in [5.74, 6) is 0.669. The summed E-state index contributed by atoms with van der Waals surface area (Å²) >= 11 is 0. The van der Waals surface area contributed by atoms with Crippen LogP contribution in [-0.4, -0.2) is 17.6 Å². The van der Waals surface area contributed by atoms with Gasteiger partial charge < -0.3 is 20.4 Å². The van der Waals surface area contributed by atoms with Crippen LogP contribution in [0.25, 0.3) is 0 Å². The van der Waals surface area contributed by atoms with Crippen molar-refractivity contribution < 1.29 is 9.53 Å². The Morgan fingerprint density at radius 3 is 2.57 bits per heavy atom. The Morgan fingerprint density at radius 2 is 2.00 bits per heavy atom. The molecule has 3 N–H and O–H groups in total. The second-order valence-electron chi connectivity index (χ2n) is 5.19. The summed E-state index contributed by atoms with van der Waals surface area (Å²) in [4.78, 5) is 12.3. The minimum absolute atomic E-state index is 0.129. The van der Waals surface area contributed by atoms with E-state index in [1.54, 1.807) is 19.4 Å². The second-order valence-corrected chi connectivity index (χ2v) is 5.19. The molecule has 0 spiro atoms. The molecule has 0 atom stereocenters. The SMILES string of the molecule is COc1ccc(CNC(=O)c2cc(N)cn2C(C)C)cc1. The summed E-state index contributed by atoms with van der Waals surface area (Å²) in [7, 11) is 1.63.